The molecular weight excluding hydrogens is 280 g/mol. The Morgan fingerprint density at radius 3 is 2.73 bits per heavy atom. The van der Waals surface area contributed by atoms with Crippen LogP contribution in [0.25, 0.3) is 0 Å². The van der Waals surface area contributed by atoms with E-state index in [1.54, 1.807) is 6.08 Å². The van der Waals surface area contributed by atoms with E-state index in [1.165, 1.54) is 0 Å². The Kier molecular flexibility index (Phi) is 6.15. The van der Waals surface area contributed by atoms with Crippen molar-refractivity contribution in [3.05, 3.63) is 48.0 Å². The van der Waals surface area contributed by atoms with Crippen LogP contribution in [0.2, 0.25) is 0 Å². The highest BCUT2D eigenvalue weighted by molar-refractivity contribution is 5.13. The minimum atomic E-state index is -0.647. The molecule has 22 heavy (non-hydrogen) atoms. The van der Waals surface area contributed by atoms with Gasteiger partial charge in [0.15, 0.2) is 5.79 Å². The third-order valence-corrected chi connectivity index (χ3v) is 3.60. The molecule has 1 fully saturated rings. The zero-order valence-electron chi connectivity index (χ0n) is 13.6. The van der Waals surface area contributed by atoms with Gasteiger partial charge in [0.2, 0.25) is 0 Å². The van der Waals surface area contributed by atoms with Crippen LogP contribution in [-0.4, -0.2) is 35.8 Å². The Morgan fingerprint density at radius 2 is 2.05 bits per heavy atom. The maximum Gasteiger partial charge on any atom is 0.163 e. The molecule has 1 N–H and O–H groups in total. The summed E-state index contributed by atoms with van der Waals surface area (Å²) in [6.07, 6.45) is 3.37. The molecule has 4 nitrogen and oxygen atoms in total. The standard InChI is InChI=1S/C18H26O4/c1-14(20-13-15-7-5-4-6-8-15)9-10-16(19)17-11-12-21-18(2,3)22-17/h4-10,14,16-17,19H,11-13H2,1-3H3/b10-9+/t14-,16+,17+/m1/s1. The van der Waals surface area contributed by atoms with E-state index < -0.39 is 11.9 Å². The van der Waals surface area contributed by atoms with Crippen LogP contribution in [0, 0.1) is 0 Å². The quantitative estimate of drug-likeness (QED) is 0.821. The second-order valence-corrected chi connectivity index (χ2v) is 6.07. The van der Waals surface area contributed by atoms with E-state index in [-0.39, 0.29) is 12.2 Å². The fraction of sp³-hybridized carbons (Fsp3) is 0.556. The van der Waals surface area contributed by atoms with Crippen LogP contribution in [-0.2, 0) is 20.8 Å². The molecule has 0 radical (unpaired) electrons. The van der Waals surface area contributed by atoms with E-state index in [1.807, 2.05) is 57.2 Å². The van der Waals surface area contributed by atoms with E-state index in [0.29, 0.717) is 19.6 Å². The fourth-order valence-corrected chi connectivity index (χ4v) is 2.37. The van der Waals surface area contributed by atoms with Gasteiger partial charge in [-0.2, -0.15) is 0 Å². The molecule has 0 bridgehead atoms. The van der Waals surface area contributed by atoms with Gasteiger partial charge in [-0.05, 0) is 26.3 Å². The highest BCUT2D eigenvalue weighted by Crippen LogP contribution is 2.24. The van der Waals surface area contributed by atoms with Crippen molar-refractivity contribution < 1.29 is 19.3 Å². The molecule has 2 rings (SSSR count). The van der Waals surface area contributed by atoms with Gasteiger partial charge in [0, 0.05) is 6.42 Å². The van der Waals surface area contributed by atoms with Gasteiger partial charge < -0.3 is 19.3 Å². The average Bonchev–Trinajstić information content (AvgIpc) is 2.50. The van der Waals surface area contributed by atoms with Crippen molar-refractivity contribution in [1.29, 1.82) is 0 Å². The van der Waals surface area contributed by atoms with Gasteiger partial charge in [-0.25, -0.2) is 0 Å². The van der Waals surface area contributed by atoms with Gasteiger partial charge >= 0.3 is 0 Å². The molecule has 0 aromatic heterocycles. The Bertz CT molecular complexity index is 469. The van der Waals surface area contributed by atoms with E-state index in [0.717, 1.165) is 5.56 Å². The van der Waals surface area contributed by atoms with E-state index in [9.17, 15) is 5.11 Å². The van der Waals surface area contributed by atoms with Crippen molar-refractivity contribution in [3.8, 4) is 0 Å². The monoisotopic (exact) mass is 306 g/mol. The van der Waals surface area contributed by atoms with Gasteiger partial charge in [0.25, 0.3) is 0 Å². The maximum atomic E-state index is 10.2. The number of aliphatic hydroxyl groups is 1. The van der Waals surface area contributed by atoms with Crippen molar-refractivity contribution in [3.63, 3.8) is 0 Å². The van der Waals surface area contributed by atoms with Crippen LogP contribution in [0.5, 0.6) is 0 Å². The summed E-state index contributed by atoms with van der Waals surface area (Å²) in [5, 5.41) is 10.2. The molecule has 1 saturated heterocycles. The topological polar surface area (TPSA) is 47.9 Å². The highest BCUT2D eigenvalue weighted by Gasteiger charge is 2.32. The minimum Gasteiger partial charge on any atom is -0.386 e. The lowest BCUT2D eigenvalue weighted by molar-refractivity contribution is -0.284. The second kappa shape index (κ2) is 7.88. The van der Waals surface area contributed by atoms with Crippen LogP contribution in [0.3, 0.4) is 0 Å². The first-order chi connectivity index (χ1) is 10.5. The summed E-state index contributed by atoms with van der Waals surface area (Å²) in [6, 6.07) is 10.0. The lowest BCUT2D eigenvalue weighted by Crippen LogP contribution is -2.44. The van der Waals surface area contributed by atoms with Crippen molar-refractivity contribution in [2.24, 2.45) is 0 Å². The largest absolute Gasteiger partial charge is 0.386 e. The van der Waals surface area contributed by atoms with Crippen LogP contribution < -0.4 is 0 Å². The highest BCUT2D eigenvalue weighted by atomic mass is 16.7. The smallest absolute Gasteiger partial charge is 0.163 e. The first-order valence-corrected chi connectivity index (χ1v) is 7.80. The molecule has 1 aromatic carbocycles. The summed E-state index contributed by atoms with van der Waals surface area (Å²) < 4.78 is 17.0. The molecule has 0 aliphatic carbocycles. The normalized spacial score (nSPS) is 24.3. The molecule has 1 aliphatic rings. The Labute approximate surface area is 132 Å². The number of ether oxygens (including phenoxy) is 3. The summed E-state index contributed by atoms with van der Waals surface area (Å²) in [6.45, 7) is 6.84. The molecular formula is C18H26O4. The van der Waals surface area contributed by atoms with Crippen LogP contribution in [0.4, 0.5) is 0 Å². The first-order valence-electron chi connectivity index (χ1n) is 7.80. The van der Waals surface area contributed by atoms with Crippen molar-refractivity contribution in [1.82, 2.24) is 0 Å². The maximum absolute atomic E-state index is 10.2. The summed E-state index contributed by atoms with van der Waals surface area (Å²) in [4.78, 5) is 0. The summed E-state index contributed by atoms with van der Waals surface area (Å²) in [5.74, 6) is -0.632. The zero-order valence-corrected chi connectivity index (χ0v) is 13.6. The van der Waals surface area contributed by atoms with Gasteiger partial charge in [-0.3, -0.25) is 0 Å². The van der Waals surface area contributed by atoms with E-state index in [4.69, 9.17) is 14.2 Å². The lowest BCUT2D eigenvalue weighted by Gasteiger charge is -2.37. The van der Waals surface area contributed by atoms with E-state index in [2.05, 4.69) is 0 Å². The lowest BCUT2D eigenvalue weighted by atomic mass is 10.1. The van der Waals surface area contributed by atoms with Crippen LogP contribution in [0.1, 0.15) is 32.8 Å². The van der Waals surface area contributed by atoms with Crippen LogP contribution in [0.15, 0.2) is 42.5 Å². The van der Waals surface area contributed by atoms with Gasteiger partial charge in [-0.1, -0.05) is 42.5 Å². The summed E-state index contributed by atoms with van der Waals surface area (Å²) in [7, 11) is 0. The summed E-state index contributed by atoms with van der Waals surface area (Å²) in [5.41, 5.74) is 1.14. The predicted molar refractivity (Wildman–Crippen MR) is 85.4 cm³/mol. The molecule has 1 aromatic rings. The number of benzene rings is 1. The molecule has 3 atom stereocenters. The van der Waals surface area contributed by atoms with Crippen LogP contribution >= 0.6 is 0 Å². The van der Waals surface area contributed by atoms with Crippen molar-refractivity contribution >= 4 is 0 Å². The molecule has 1 heterocycles. The number of rotatable bonds is 6. The predicted octanol–water partition coefficient (Wildman–Crippen LogP) is 3.05. The molecule has 0 spiro atoms. The van der Waals surface area contributed by atoms with Crippen molar-refractivity contribution in [2.45, 2.75) is 57.9 Å². The molecule has 4 heteroatoms. The first kappa shape index (κ1) is 17.2. The van der Waals surface area contributed by atoms with Gasteiger partial charge in [0.1, 0.15) is 0 Å². The second-order valence-electron chi connectivity index (χ2n) is 6.07. The number of hydrogen-bond acceptors (Lipinski definition) is 4. The fourth-order valence-electron chi connectivity index (χ4n) is 2.37. The molecule has 122 valence electrons. The van der Waals surface area contributed by atoms with Gasteiger partial charge in [0.05, 0.1) is 31.5 Å². The average molecular weight is 306 g/mol. The molecule has 1 aliphatic heterocycles. The number of aliphatic hydroxyl groups excluding tert-OH is 1. The minimum absolute atomic E-state index is 0.0669. The van der Waals surface area contributed by atoms with Crippen molar-refractivity contribution in [2.75, 3.05) is 6.61 Å². The number of hydrogen-bond donors (Lipinski definition) is 1. The Hall–Kier alpha value is -1.20. The SMILES string of the molecule is C[C@H](/C=C/[C@H](O)[C@@H]1CCOC(C)(C)O1)OCc1ccccc1. The van der Waals surface area contributed by atoms with E-state index >= 15 is 0 Å². The van der Waals surface area contributed by atoms with Gasteiger partial charge in [-0.15, -0.1) is 0 Å². The third kappa shape index (κ3) is 5.54. The molecule has 0 unspecified atom stereocenters. The Morgan fingerprint density at radius 1 is 1.32 bits per heavy atom. The molecule has 0 saturated carbocycles. The third-order valence-electron chi connectivity index (χ3n) is 3.60. The zero-order chi connectivity index (χ0) is 16.0. The summed E-state index contributed by atoms with van der Waals surface area (Å²) >= 11 is 0. The molecule has 0 amide bonds. The Balaban J connectivity index is 1.77.